The van der Waals surface area contributed by atoms with E-state index in [-0.39, 0.29) is 16.3 Å². The molecule has 0 aliphatic heterocycles. The van der Waals surface area contributed by atoms with Crippen LogP contribution in [0.5, 0.6) is 0 Å². The molecule has 0 aromatic rings. The molecule has 12 heavy (non-hydrogen) atoms. The fourth-order valence-corrected chi connectivity index (χ4v) is 1.57. The largest absolute Gasteiger partial charge is 0.466 e. The summed E-state index contributed by atoms with van der Waals surface area (Å²) in [6, 6.07) is 0. The van der Waals surface area contributed by atoms with Crippen molar-refractivity contribution in [2.75, 3.05) is 6.61 Å². The summed E-state index contributed by atoms with van der Waals surface area (Å²) in [7, 11) is 0. The molecule has 0 N–H and O–H groups in total. The Kier molecular flexibility index (Phi) is 5.80. The van der Waals surface area contributed by atoms with Gasteiger partial charge in [-0.15, -0.1) is 0 Å². The van der Waals surface area contributed by atoms with Gasteiger partial charge in [-0.2, -0.15) is 0 Å². The highest BCUT2D eigenvalue weighted by molar-refractivity contribution is 8.14. The molecule has 0 aliphatic carbocycles. The molecule has 0 unspecified atom stereocenters. The molecule has 0 saturated carbocycles. The van der Waals surface area contributed by atoms with Gasteiger partial charge in [-0.3, -0.25) is 9.59 Å². The van der Waals surface area contributed by atoms with Crippen LogP contribution in [-0.4, -0.2) is 22.9 Å². The second-order valence-corrected chi connectivity index (χ2v) is 4.04. The fraction of sp³-hybridized carbons (Fsp3) is 0.750. The average molecular weight is 190 g/mol. The van der Waals surface area contributed by atoms with Gasteiger partial charge in [-0.05, 0) is 6.92 Å². The molecule has 0 aliphatic rings. The van der Waals surface area contributed by atoms with Crippen molar-refractivity contribution in [3.05, 3.63) is 0 Å². The van der Waals surface area contributed by atoms with Gasteiger partial charge >= 0.3 is 5.97 Å². The van der Waals surface area contributed by atoms with Crippen LogP contribution in [0.15, 0.2) is 0 Å². The molecule has 1 atom stereocenters. The molecule has 0 fully saturated rings. The highest BCUT2D eigenvalue weighted by Crippen LogP contribution is 2.14. The van der Waals surface area contributed by atoms with Crippen molar-refractivity contribution in [2.45, 2.75) is 32.4 Å². The first-order valence-electron chi connectivity index (χ1n) is 3.89. The van der Waals surface area contributed by atoms with Gasteiger partial charge < -0.3 is 4.74 Å². The van der Waals surface area contributed by atoms with E-state index in [2.05, 4.69) is 0 Å². The summed E-state index contributed by atoms with van der Waals surface area (Å²) in [5.41, 5.74) is 0. The van der Waals surface area contributed by atoms with E-state index in [0.717, 1.165) is 0 Å². The number of thioether (sulfide) groups is 1. The molecule has 0 saturated heterocycles. The normalized spacial score (nSPS) is 12.2. The molecular formula is C8H14O3S. The van der Waals surface area contributed by atoms with E-state index in [1.54, 1.807) is 6.92 Å². The Morgan fingerprint density at radius 2 is 2.08 bits per heavy atom. The zero-order valence-electron chi connectivity index (χ0n) is 7.62. The number of carbonyl (C=O) groups is 2. The number of rotatable bonds is 4. The molecule has 4 heteroatoms. The lowest BCUT2D eigenvalue weighted by Crippen LogP contribution is -2.11. The van der Waals surface area contributed by atoms with E-state index in [9.17, 15) is 9.59 Å². The lowest BCUT2D eigenvalue weighted by Gasteiger charge is -2.06. The Labute approximate surface area is 76.9 Å². The van der Waals surface area contributed by atoms with Crippen LogP contribution in [0.4, 0.5) is 0 Å². The Balaban J connectivity index is 3.61. The van der Waals surface area contributed by atoms with Gasteiger partial charge in [0.2, 0.25) is 0 Å². The summed E-state index contributed by atoms with van der Waals surface area (Å²) in [6.07, 6.45) is 0.304. The lowest BCUT2D eigenvalue weighted by molar-refractivity contribution is -0.142. The Bertz CT molecular complexity index is 168. The minimum Gasteiger partial charge on any atom is -0.466 e. The first kappa shape index (κ1) is 11.5. The zero-order valence-corrected chi connectivity index (χ0v) is 8.44. The molecule has 0 spiro atoms. The van der Waals surface area contributed by atoms with E-state index in [0.29, 0.717) is 13.0 Å². The maximum atomic E-state index is 10.9. The summed E-state index contributed by atoms with van der Waals surface area (Å²) in [5.74, 6) is -0.237. The summed E-state index contributed by atoms with van der Waals surface area (Å²) in [6.45, 7) is 5.49. The van der Waals surface area contributed by atoms with Crippen molar-refractivity contribution in [1.82, 2.24) is 0 Å². The third kappa shape index (κ3) is 6.22. The molecule has 0 bridgehead atoms. The predicted molar refractivity (Wildman–Crippen MR) is 49.0 cm³/mol. The zero-order chi connectivity index (χ0) is 9.56. The van der Waals surface area contributed by atoms with Crippen LogP contribution < -0.4 is 0 Å². The van der Waals surface area contributed by atoms with Crippen molar-refractivity contribution in [2.24, 2.45) is 0 Å². The van der Waals surface area contributed by atoms with E-state index < -0.39 is 0 Å². The van der Waals surface area contributed by atoms with E-state index in [1.807, 2.05) is 6.92 Å². The maximum absolute atomic E-state index is 10.9. The average Bonchev–Trinajstić information content (AvgIpc) is 1.84. The topological polar surface area (TPSA) is 43.4 Å². The van der Waals surface area contributed by atoms with Gasteiger partial charge in [0.15, 0.2) is 5.12 Å². The van der Waals surface area contributed by atoms with Crippen molar-refractivity contribution in [3.8, 4) is 0 Å². The van der Waals surface area contributed by atoms with Crippen LogP contribution in [-0.2, 0) is 14.3 Å². The van der Waals surface area contributed by atoms with E-state index in [1.165, 1.54) is 18.7 Å². The van der Waals surface area contributed by atoms with Gasteiger partial charge in [0.25, 0.3) is 0 Å². The standard InChI is InChI=1S/C8H14O3S/c1-4-11-8(10)5-6(2)12-7(3)9/h6H,4-5H2,1-3H3/t6-/m1/s1. The Hall–Kier alpha value is -0.510. The van der Waals surface area contributed by atoms with E-state index >= 15 is 0 Å². The van der Waals surface area contributed by atoms with Crippen molar-refractivity contribution < 1.29 is 14.3 Å². The van der Waals surface area contributed by atoms with Gasteiger partial charge in [0.1, 0.15) is 0 Å². The number of carbonyl (C=O) groups excluding carboxylic acids is 2. The summed E-state index contributed by atoms with van der Waals surface area (Å²) >= 11 is 1.17. The van der Waals surface area contributed by atoms with Crippen LogP contribution in [0.1, 0.15) is 27.2 Å². The van der Waals surface area contributed by atoms with Crippen molar-refractivity contribution in [1.29, 1.82) is 0 Å². The van der Waals surface area contributed by atoms with Crippen LogP contribution in [0.3, 0.4) is 0 Å². The molecule has 0 aromatic heterocycles. The van der Waals surface area contributed by atoms with Crippen LogP contribution in [0.2, 0.25) is 0 Å². The van der Waals surface area contributed by atoms with Gasteiger partial charge in [-0.1, -0.05) is 18.7 Å². The molecule has 0 aromatic carbocycles. The number of hydrogen-bond donors (Lipinski definition) is 0. The Morgan fingerprint density at radius 1 is 1.50 bits per heavy atom. The summed E-state index contributed by atoms with van der Waals surface area (Å²) in [4.78, 5) is 21.5. The highest BCUT2D eigenvalue weighted by Gasteiger charge is 2.11. The second kappa shape index (κ2) is 6.06. The van der Waals surface area contributed by atoms with Crippen LogP contribution >= 0.6 is 11.8 Å². The lowest BCUT2D eigenvalue weighted by atomic mass is 10.3. The highest BCUT2D eigenvalue weighted by atomic mass is 32.2. The fourth-order valence-electron chi connectivity index (χ4n) is 0.780. The third-order valence-electron chi connectivity index (χ3n) is 1.13. The minimum absolute atomic E-state index is 0.0153. The number of hydrogen-bond acceptors (Lipinski definition) is 4. The van der Waals surface area contributed by atoms with Gasteiger partial charge in [-0.25, -0.2) is 0 Å². The van der Waals surface area contributed by atoms with Crippen molar-refractivity contribution >= 4 is 22.8 Å². The molecule has 0 heterocycles. The molecule has 70 valence electrons. The van der Waals surface area contributed by atoms with Crippen LogP contribution in [0, 0.1) is 0 Å². The monoisotopic (exact) mass is 190 g/mol. The molecular weight excluding hydrogens is 176 g/mol. The first-order chi connectivity index (χ1) is 5.56. The molecule has 0 amide bonds. The van der Waals surface area contributed by atoms with Crippen LogP contribution in [0.25, 0.3) is 0 Å². The van der Waals surface area contributed by atoms with E-state index in [4.69, 9.17) is 4.74 Å². The minimum atomic E-state index is -0.237. The molecule has 3 nitrogen and oxygen atoms in total. The molecule has 0 rings (SSSR count). The summed E-state index contributed by atoms with van der Waals surface area (Å²) in [5, 5.41) is 0.0494. The smallest absolute Gasteiger partial charge is 0.306 e. The maximum Gasteiger partial charge on any atom is 0.306 e. The predicted octanol–water partition coefficient (Wildman–Crippen LogP) is 1.61. The second-order valence-electron chi connectivity index (χ2n) is 2.43. The SMILES string of the molecule is CCOC(=O)C[C@@H](C)SC(C)=O. The van der Waals surface area contributed by atoms with Crippen molar-refractivity contribution in [3.63, 3.8) is 0 Å². The first-order valence-corrected chi connectivity index (χ1v) is 4.77. The Morgan fingerprint density at radius 3 is 2.50 bits per heavy atom. The number of ether oxygens (including phenoxy) is 1. The number of esters is 1. The van der Waals surface area contributed by atoms with Gasteiger partial charge in [0.05, 0.1) is 13.0 Å². The van der Waals surface area contributed by atoms with Gasteiger partial charge in [0, 0.05) is 12.2 Å². The third-order valence-corrected chi connectivity index (χ3v) is 2.03. The molecule has 0 radical (unpaired) electrons. The summed E-state index contributed by atoms with van der Waals surface area (Å²) < 4.78 is 4.73. The quantitative estimate of drug-likeness (QED) is 0.632.